The number of hydrogen-bond donors (Lipinski definition) is 0. The average molecular weight is 225 g/mol. The van der Waals surface area contributed by atoms with Gasteiger partial charge in [0, 0.05) is 5.00 Å². The van der Waals surface area contributed by atoms with Gasteiger partial charge in [-0.05, 0) is 26.3 Å². The van der Waals surface area contributed by atoms with Crippen LogP contribution in [0.1, 0.15) is 30.0 Å². The zero-order chi connectivity index (χ0) is 10.6. The Balaban J connectivity index is 2.70. The number of halogens is 1. The molecule has 1 aromatic carbocycles. The number of alkyl halides is 1. The minimum absolute atomic E-state index is 0.242. The van der Waals surface area contributed by atoms with Gasteiger partial charge in [0.1, 0.15) is 0 Å². The average Bonchev–Trinajstić information content (AvgIpc) is 2.18. The molecule has 0 bridgehead atoms. The summed E-state index contributed by atoms with van der Waals surface area (Å²) < 4.78 is 0. The quantitative estimate of drug-likeness (QED) is 0.546. The Morgan fingerprint density at radius 3 is 2.43 bits per heavy atom. The van der Waals surface area contributed by atoms with Gasteiger partial charge < -0.3 is 0 Å². The summed E-state index contributed by atoms with van der Waals surface area (Å²) >= 11 is 6.35. The van der Waals surface area contributed by atoms with Gasteiger partial charge in [-0.25, -0.2) is 0 Å². The van der Waals surface area contributed by atoms with E-state index in [1.807, 2.05) is 0 Å². The topological polar surface area (TPSA) is 0 Å². The molecule has 1 unspecified atom stereocenters. The fourth-order valence-electron chi connectivity index (χ4n) is 1.29. The highest BCUT2D eigenvalue weighted by molar-refractivity contribution is 6.58. The van der Waals surface area contributed by atoms with Crippen LogP contribution in [0, 0.1) is 6.92 Å². The summed E-state index contributed by atoms with van der Waals surface area (Å²) in [6.07, 6.45) is 2.18. The molecule has 2 heteroatoms. The largest absolute Gasteiger partial charge is 0.122 e. The fourth-order valence-corrected chi connectivity index (χ4v) is 3.48. The van der Waals surface area contributed by atoms with Gasteiger partial charge in [-0.1, -0.05) is 41.1 Å². The Morgan fingerprint density at radius 1 is 1.36 bits per heavy atom. The number of allylic oxidation sites excluding steroid dienone is 2. The predicted octanol–water partition coefficient (Wildman–Crippen LogP) is 3.32. The number of aryl methyl sites for hydroxylation is 1. The molecule has 0 nitrogen and oxygen atoms in total. The van der Waals surface area contributed by atoms with Gasteiger partial charge in [0.15, 0.2) is 0 Å². The van der Waals surface area contributed by atoms with Gasteiger partial charge in [0.2, 0.25) is 0 Å². The molecule has 0 amide bonds. The van der Waals surface area contributed by atoms with Crippen LogP contribution in [0.25, 0.3) is 0 Å². The molecule has 0 saturated heterocycles. The normalized spacial score (nSPS) is 15.0. The minimum atomic E-state index is -0.324. The molecule has 0 radical (unpaired) electrons. The summed E-state index contributed by atoms with van der Waals surface area (Å²) in [5.74, 6) is 0. The lowest BCUT2D eigenvalue weighted by molar-refractivity contribution is 1.30. The van der Waals surface area contributed by atoms with E-state index in [1.54, 1.807) is 0 Å². The van der Waals surface area contributed by atoms with Crippen LogP contribution in [0.2, 0.25) is 0 Å². The first-order valence-electron chi connectivity index (χ1n) is 4.96. The molecule has 76 valence electrons. The molecule has 0 aromatic heterocycles. The third-order valence-electron chi connectivity index (χ3n) is 2.43. The lowest BCUT2D eigenvalue weighted by Gasteiger charge is -2.09. The van der Waals surface area contributed by atoms with Crippen molar-refractivity contribution in [2.24, 2.45) is 0 Å². The Morgan fingerprint density at radius 2 is 1.93 bits per heavy atom. The molecule has 1 aromatic rings. The maximum absolute atomic E-state index is 6.35. The van der Waals surface area contributed by atoms with Crippen LogP contribution in [0.4, 0.5) is 0 Å². The highest BCUT2D eigenvalue weighted by Gasteiger charge is 2.08. The monoisotopic (exact) mass is 224 g/mol. The maximum Gasteiger partial charge on any atom is 0.0749 e. The van der Waals surface area contributed by atoms with Crippen molar-refractivity contribution in [3.63, 3.8) is 0 Å². The Bertz CT molecular complexity index is 314. The molecule has 1 atom stereocenters. The van der Waals surface area contributed by atoms with Crippen LogP contribution in [0.15, 0.2) is 35.5 Å². The second kappa shape index (κ2) is 5.37. The molecule has 0 heterocycles. The van der Waals surface area contributed by atoms with E-state index in [-0.39, 0.29) is 14.5 Å². The molecular formula is C12H17ClSi. The van der Waals surface area contributed by atoms with E-state index in [9.17, 15) is 0 Å². The first kappa shape index (κ1) is 11.5. The summed E-state index contributed by atoms with van der Waals surface area (Å²) in [4.78, 5) is 0. The smallest absolute Gasteiger partial charge is 0.0749 e. The van der Waals surface area contributed by atoms with Gasteiger partial charge in [-0.15, -0.1) is 11.6 Å². The van der Waals surface area contributed by atoms with E-state index in [4.69, 9.17) is 11.6 Å². The molecule has 0 aliphatic rings. The van der Waals surface area contributed by atoms with Crippen molar-refractivity contribution in [1.82, 2.24) is 0 Å². The zero-order valence-corrected chi connectivity index (χ0v) is 11.2. The van der Waals surface area contributed by atoms with Crippen LogP contribution in [-0.2, 0) is 0 Å². The van der Waals surface area contributed by atoms with E-state index in [0.717, 1.165) is 0 Å². The summed E-state index contributed by atoms with van der Waals surface area (Å²) in [6, 6.07) is 8.54. The van der Waals surface area contributed by atoms with Crippen LogP contribution in [0.3, 0.4) is 0 Å². The standard InChI is InChI=1S/C12H17ClSi/c1-4-10(3)14-12(13)11-7-5-9(2)6-8-11/h4-8,12H,14H2,1-3H3. The molecular weight excluding hydrogens is 208 g/mol. The summed E-state index contributed by atoms with van der Waals surface area (Å²) in [7, 11) is -0.324. The summed E-state index contributed by atoms with van der Waals surface area (Å²) in [6.45, 7) is 6.36. The van der Waals surface area contributed by atoms with Gasteiger partial charge in [0.05, 0.1) is 9.52 Å². The number of benzene rings is 1. The van der Waals surface area contributed by atoms with Crippen LogP contribution < -0.4 is 0 Å². The fraction of sp³-hybridized carbons (Fsp3) is 0.333. The number of rotatable bonds is 3. The molecule has 0 spiro atoms. The number of hydrogen-bond acceptors (Lipinski definition) is 0. The van der Waals surface area contributed by atoms with E-state index in [1.165, 1.54) is 16.3 Å². The lowest BCUT2D eigenvalue weighted by Crippen LogP contribution is -2.03. The summed E-state index contributed by atoms with van der Waals surface area (Å²) in [5.41, 5.74) is 2.56. The van der Waals surface area contributed by atoms with Gasteiger partial charge >= 0.3 is 0 Å². The first-order valence-corrected chi connectivity index (χ1v) is 6.92. The molecule has 14 heavy (non-hydrogen) atoms. The molecule has 0 fully saturated rings. The van der Waals surface area contributed by atoms with Crippen molar-refractivity contribution < 1.29 is 0 Å². The second-order valence-electron chi connectivity index (χ2n) is 3.72. The van der Waals surface area contributed by atoms with E-state index >= 15 is 0 Å². The third-order valence-corrected chi connectivity index (χ3v) is 5.03. The van der Waals surface area contributed by atoms with Gasteiger partial charge in [-0.2, -0.15) is 0 Å². The Labute approximate surface area is 93.8 Å². The molecule has 1 rings (SSSR count). The van der Waals surface area contributed by atoms with Crippen molar-refractivity contribution in [2.75, 3.05) is 0 Å². The second-order valence-corrected chi connectivity index (χ2v) is 7.10. The SMILES string of the molecule is CC=C(C)[SiH2]C(Cl)c1ccc(C)cc1. The van der Waals surface area contributed by atoms with Crippen molar-refractivity contribution in [2.45, 2.75) is 25.8 Å². The van der Waals surface area contributed by atoms with Crippen molar-refractivity contribution in [3.05, 3.63) is 46.7 Å². The molecule has 0 N–H and O–H groups in total. The lowest BCUT2D eigenvalue weighted by atomic mass is 10.2. The zero-order valence-electron chi connectivity index (χ0n) is 9.05. The van der Waals surface area contributed by atoms with Gasteiger partial charge in [0.25, 0.3) is 0 Å². The molecule has 0 aliphatic heterocycles. The van der Waals surface area contributed by atoms with Crippen molar-refractivity contribution >= 4 is 21.1 Å². The predicted molar refractivity (Wildman–Crippen MR) is 67.7 cm³/mol. The van der Waals surface area contributed by atoms with Gasteiger partial charge in [-0.3, -0.25) is 0 Å². The Hall–Kier alpha value is -0.533. The van der Waals surface area contributed by atoms with Crippen LogP contribution in [0.5, 0.6) is 0 Å². The highest BCUT2D eigenvalue weighted by atomic mass is 35.5. The maximum atomic E-state index is 6.35. The highest BCUT2D eigenvalue weighted by Crippen LogP contribution is 2.21. The van der Waals surface area contributed by atoms with Crippen LogP contribution >= 0.6 is 11.6 Å². The van der Waals surface area contributed by atoms with Crippen molar-refractivity contribution in [1.29, 1.82) is 0 Å². The van der Waals surface area contributed by atoms with Crippen LogP contribution in [-0.4, -0.2) is 9.52 Å². The third kappa shape index (κ3) is 3.32. The summed E-state index contributed by atoms with van der Waals surface area (Å²) in [5, 5.41) is 1.72. The van der Waals surface area contributed by atoms with E-state index in [0.29, 0.717) is 0 Å². The van der Waals surface area contributed by atoms with Crippen molar-refractivity contribution in [3.8, 4) is 0 Å². The molecule has 0 saturated carbocycles. The Kier molecular flexibility index (Phi) is 4.43. The van der Waals surface area contributed by atoms with E-state index < -0.39 is 0 Å². The van der Waals surface area contributed by atoms with E-state index in [2.05, 4.69) is 51.1 Å². The minimum Gasteiger partial charge on any atom is -0.122 e. The first-order chi connectivity index (χ1) is 6.63. The molecule has 0 aliphatic carbocycles.